The van der Waals surface area contributed by atoms with Crippen LogP contribution in [0.2, 0.25) is 10.0 Å². The highest BCUT2D eigenvalue weighted by molar-refractivity contribution is 7.80. The van der Waals surface area contributed by atoms with Gasteiger partial charge in [0.25, 0.3) is 0 Å². The van der Waals surface area contributed by atoms with Crippen molar-refractivity contribution in [3.63, 3.8) is 0 Å². The van der Waals surface area contributed by atoms with Gasteiger partial charge >= 0.3 is 0 Å². The number of benzene rings is 2. The first-order valence-corrected chi connectivity index (χ1v) is 8.80. The second kappa shape index (κ2) is 7.87. The summed E-state index contributed by atoms with van der Waals surface area (Å²) < 4.78 is 1.83. The van der Waals surface area contributed by atoms with Crippen molar-refractivity contribution in [3.8, 4) is 0 Å². The van der Waals surface area contributed by atoms with Gasteiger partial charge in [-0.1, -0.05) is 47.5 Å². The number of rotatable bonds is 4. The molecule has 7 heteroatoms. The zero-order valence-corrected chi connectivity index (χ0v) is 15.8. The Balaban J connectivity index is 1.71. The van der Waals surface area contributed by atoms with Gasteiger partial charge in [-0.15, -0.1) is 0 Å². The zero-order chi connectivity index (χ0) is 17.8. The highest BCUT2D eigenvalue weighted by Crippen LogP contribution is 2.25. The van der Waals surface area contributed by atoms with Gasteiger partial charge in [0, 0.05) is 33.1 Å². The minimum atomic E-state index is 0.478. The summed E-state index contributed by atoms with van der Waals surface area (Å²) in [6.45, 7) is 2.46. The van der Waals surface area contributed by atoms with Crippen molar-refractivity contribution in [3.05, 3.63) is 75.9 Å². The Hall–Kier alpha value is -2.08. The lowest BCUT2D eigenvalue weighted by molar-refractivity contribution is 0.668. The molecule has 0 bridgehead atoms. The quantitative estimate of drug-likeness (QED) is 0.588. The molecule has 0 aliphatic carbocycles. The smallest absolute Gasteiger partial charge is 0.176 e. The lowest BCUT2D eigenvalue weighted by atomic mass is 10.2. The molecule has 1 aromatic heterocycles. The number of hydrogen-bond donors (Lipinski definition) is 2. The number of hydrogen-bond acceptors (Lipinski definition) is 2. The Bertz CT molecular complexity index is 873. The lowest BCUT2D eigenvalue weighted by Crippen LogP contribution is -2.19. The van der Waals surface area contributed by atoms with Crippen LogP contribution in [0.25, 0.3) is 0 Å². The Morgan fingerprint density at radius 2 is 1.72 bits per heavy atom. The van der Waals surface area contributed by atoms with E-state index in [1.165, 1.54) is 0 Å². The van der Waals surface area contributed by atoms with Crippen LogP contribution in [0.4, 0.5) is 11.5 Å². The molecule has 0 saturated carbocycles. The monoisotopic (exact) mass is 390 g/mol. The molecular formula is C18H16Cl2N4S. The normalized spacial score (nSPS) is 10.5. The van der Waals surface area contributed by atoms with E-state index < -0.39 is 0 Å². The molecule has 0 unspecified atom stereocenters. The summed E-state index contributed by atoms with van der Waals surface area (Å²) in [6, 6.07) is 17.1. The highest BCUT2D eigenvalue weighted by Gasteiger charge is 2.11. The van der Waals surface area contributed by atoms with Crippen LogP contribution in [0.15, 0.2) is 54.6 Å². The maximum absolute atomic E-state index is 6.24. The van der Waals surface area contributed by atoms with E-state index in [4.69, 9.17) is 35.4 Å². The third-order valence-corrected chi connectivity index (χ3v) is 4.54. The molecule has 128 valence electrons. The van der Waals surface area contributed by atoms with Crippen molar-refractivity contribution in [2.75, 3.05) is 10.6 Å². The molecule has 2 N–H and O–H groups in total. The second-order valence-electron chi connectivity index (χ2n) is 5.47. The van der Waals surface area contributed by atoms with Gasteiger partial charge in [-0.3, -0.25) is 4.68 Å². The summed E-state index contributed by atoms with van der Waals surface area (Å²) in [5, 5.41) is 12.5. The highest BCUT2D eigenvalue weighted by atomic mass is 35.5. The van der Waals surface area contributed by atoms with Crippen LogP contribution >= 0.6 is 35.4 Å². The van der Waals surface area contributed by atoms with Crippen molar-refractivity contribution in [2.45, 2.75) is 13.5 Å². The van der Waals surface area contributed by atoms with Crippen molar-refractivity contribution in [1.29, 1.82) is 0 Å². The van der Waals surface area contributed by atoms with Crippen LogP contribution in [0.3, 0.4) is 0 Å². The third-order valence-electron chi connectivity index (χ3n) is 3.62. The number of thiocarbonyl (C=S) groups is 1. The van der Waals surface area contributed by atoms with Crippen LogP contribution in [0, 0.1) is 6.92 Å². The van der Waals surface area contributed by atoms with E-state index in [2.05, 4.69) is 15.7 Å². The number of aromatic nitrogens is 2. The van der Waals surface area contributed by atoms with Crippen LogP contribution in [-0.2, 0) is 6.54 Å². The SMILES string of the molecule is Cc1cc(NC(=S)Nc2ccccc2)nn1Cc1c(Cl)cccc1Cl. The summed E-state index contributed by atoms with van der Waals surface area (Å²) in [4.78, 5) is 0. The molecule has 2 aromatic carbocycles. The molecule has 3 aromatic rings. The number of aryl methyl sites for hydroxylation is 1. The van der Waals surface area contributed by atoms with E-state index >= 15 is 0 Å². The van der Waals surface area contributed by atoms with Gasteiger partial charge < -0.3 is 10.6 Å². The van der Waals surface area contributed by atoms with Crippen molar-refractivity contribution in [1.82, 2.24) is 9.78 Å². The molecule has 3 rings (SSSR count). The number of halogens is 2. The molecule has 0 fully saturated rings. The van der Waals surface area contributed by atoms with Gasteiger partial charge in [0.1, 0.15) is 0 Å². The molecule has 0 amide bonds. The fraction of sp³-hybridized carbons (Fsp3) is 0.111. The average molecular weight is 391 g/mol. The van der Waals surface area contributed by atoms with Gasteiger partial charge in [-0.05, 0) is 43.4 Å². The van der Waals surface area contributed by atoms with Crippen molar-refractivity contribution >= 4 is 52.0 Å². The van der Waals surface area contributed by atoms with Gasteiger partial charge in [-0.25, -0.2) is 0 Å². The molecule has 25 heavy (non-hydrogen) atoms. The van der Waals surface area contributed by atoms with E-state index in [-0.39, 0.29) is 0 Å². The molecule has 0 aliphatic rings. The fourth-order valence-corrected chi connectivity index (χ4v) is 3.10. The lowest BCUT2D eigenvalue weighted by Gasteiger charge is -2.09. The average Bonchev–Trinajstić information content (AvgIpc) is 2.91. The topological polar surface area (TPSA) is 41.9 Å². The third kappa shape index (κ3) is 4.51. The molecule has 0 atom stereocenters. The number of para-hydroxylation sites is 1. The predicted molar refractivity (Wildman–Crippen MR) is 109 cm³/mol. The summed E-state index contributed by atoms with van der Waals surface area (Å²) in [6.07, 6.45) is 0. The molecule has 1 heterocycles. The minimum absolute atomic E-state index is 0.478. The fourth-order valence-electron chi connectivity index (χ4n) is 2.36. The van der Waals surface area contributed by atoms with Crippen LogP contribution in [0.5, 0.6) is 0 Å². The van der Waals surface area contributed by atoms with Gasteiger partial charge in [0.2, 0.25) is 0 Å². The number of nitrogens with zero attached hydrogens (tertiary/aromatic N) is 2. The van der Waals surface area contributed by atoms with E-state index in [9.17, 15) is 0 Å². The maximum Gasteiger partial charge on any atom is 0.176 e. The summed E-state index contributed by atoms with van der Waals surface area (Å²) in [5.74, 6) is 0.661. The first kappa shape index (κ1) is 17.7. The van der Waals surface area contributed by atoms with E-state index in [1.54, 1.807) is 0 Å². The molecule has 0 saturated heterocycles. The van der Waals surface area contributed by atoms with Crippen molar-refractivity contribution < 1.29 is 0 Å². The van der Waals surface area contributed by atoms with Crippen LogP contribution in [-0.4, -0.2) is 14.9 Å². The molecule has 0 spiro atoms. The Morgan fingerprint density at radius 3 is 2.40 bits per heavy atom. The first-order valence-electron chi connectivity index (χ1n) is 7.63. The van der Waals surface area contributed by atoms with Crippen LogP contribution < -0.4 is 10.6 Å². The number of nitrogens with one attached hydrogen (secondary N) is 2. The Labute approximate surface area is 161 Å². The Morgan fingerprint density at radius 1 is 1.04 bits per heavy atom. The molecule has 4 nitrogen and oxygen atoms in total. The Kier molecular flexibility index (Phi) is 5.58. The first-order chi connectivity index (χ1) is 12.0. The summed E-state index contributed by atoms with van der Waals surface area (Å²) in [7, 11) is 0. The van der Waals surface area contributed by atoms with E-state index in [1.807, 2.05) is 66.2 Å². The molecular weight excluding hydrogens is 375 g/mol. The second-order valence-corrected chi connectivity index (χ2v) is 6.70. The molecule has 0 radical (unpaired) electrons. The summed E-state index contributed by atoms with van der Waals surface area (Å²) >= 11 is 17.8. The minimum Gasteiger partial charge on any atom is -0.332 e. The van der Waals surface area contributed by atoms with Gasteiger partial charge in [-0.2, -0.15) is 5.10 Å². The van der Waals surface area contributed by atoms with Crippen LogP contribution in [0.1, 0.15) is 11.3 Å². The zero-order valence-electron chi connectivity index (χ0n) is 13.5. The maximum atomic E-state index is 6.24. The number of anilines is 2. The van der Waals surface area contributed by atoms with E-state index in [0.29, 0.717) is 27.5 Å². The van der Waals surface area contributed by atoms with E-state index in [0.717, 1.165) is 16.9 Å². The van der Waals surface area contributed by atoms with Gasteiger partial charge in [0.15, 0.2) is 10.9 Å². The molecule has 0 aliphatic heterocycles. The predicted octanol–water partition coefficient (Wildman–Crippen LogP) is 5.36. The van der Waals surface area contributed by atoms with Crippen molar-refractivity contribution in [2.24, 2.45) is 0 Å². The summed E-state index contributed by atoms with van der Waals surface area (Å²) in [5.41, 5.74) is 2.73. The largest absolute Gasteiger partial charge is 0.332 e. The standard InChI is InChI=1S/C18H16Cl2N4S/c1-12-10-17(22-18(25)21-13-6-3-2-4-7-13)23-24(12)11-14-15(19)8-5-9-16(14)20/h2-10H,11H2,1H3,(H2,21,22,23,25). The van der Waals surface area contributed by atoms with Gasteiger partial charge in [0.05, 0.1) is 6.54 Å².